The van der Waals surface area contributed by atoms with Crippen LogP contribution < -0.4 is 90.7 Å². The third-order valence-electron chi connectivity index (χ3n) is 7.25. The summed E-state index contributed by atoms with van der Waals surface area (Å²) in [5.41, 5.74) is 0.215. The summed E-state index contributed by atoms with van der Waals surface area (Å²) in [7, 11) is -8.00. The summed E-state index contributed by atoms with van der Waals surface area (Å²) in [5, 5.41) is 55.5. The Morgan fingerprint density at radius 1 is 0.596 bits per heavy atom. The van der Waals surface area contributed by atoms with Crippen molar-refractivity contribution in [2.45, 2.75) is 23.6 Å². The fourth-order valence-electron chi connectivity index (χ4n) is 4.62. The Balaban J connectivity index is 0.000000374. The van der Waals surface area contributed by atoms with Gasteiger partial charge in [-0.2, -0.15) is 10.2 Å². The number of halogens is 2. The molecule has 0 fully saturated rings. The number of nitrogens with one attached hydrogen (secondary N) is 2. The van der Waals surface area contributed by atoms with Crippen LogP contribution in [0.4, 0.5) is 22.7 Å². The number of H-pyrrole nitrogens is 2. The molecule has 2 heterocycles. The number of hydrogen-bond acceptors (Lipinski definition) is 12. The number of azo groups is 2. The summed E-state index contributed by atoms with van der Waals surface area (Å²) < 4.78 is 48.1. The van der Waals surface area contributed by atoms with Crippen molar-refractivity contribution in [1.82, 2.24) is 19.6 Å². The first kappa shape index (κ1) is 49.8. The van der Waals surface area contributed by atoms with Gasteiger partial charge in [-0.3, -0.25) is 19.8 Å². The maximum atomic E-state index is 12.6. The number of primary sulfonamides is 2. The average molecular weight is 919 g/mol. The number of aromatic amines is 2. The van der Waals surface area contributed by atoms with Gasteiger partial charge >= 0.3 is 75.9 Å². The SMILES string of the molecule is Cc1[nH]n(-c2cccc(Cl)c2)c(=O)c1N=Nc1cc(S(N)(=O)=O)ccc1[O-].Cc1[nH]n(-c2cccc(Cl)c2)c(=O)c1N=Nc1cc(S(N)(=O)=O)ccc1[O-].[Co+2].[Na+].[Na+]. The fourth-order valence-corrected chi connectivity index (χ4v) is 6.05. The number of sulfonamides is 2. The Morgan fingerprint density at radius 3 is 1.26 bits per heavy atom. The van der Waals surface area contributed by atoms with Crippen molar-refractivity contribution >= 4 is 66.0 Å². The molecule has 0 spiro atoms. The van der Waals surface area contributed by atoms with Crippen molar-refractivity contribution in [3.05, 3.63) is 127 Å². The Kier molecular flexibility index (Phi) is 17.9. The molecule has 0 aliphatic carbocycles. The third kappa shape index (κ3) is 12.3. The molecule has 0 unspecified atom stereocenters. The first-order chi connectivity index (χ1) is 25.3. The van der Waals surface area contributed by atoms with Gasteiger partial charge in [0.2, 0.25) is 20.0 Å². The molecule has 6 aromatic rings. The molecule has 0 saturated carbocycles. The Labute approximate surface area is 388 Å². The second-order valence-corrected chi connectivity index (χ2v) is 15.2. The van der Waals surface area contributed by atoms with Crippen LogP contribution in [0.25, 0.3) is 11.4 Å². The number of aromatic nitrogens is 4. The van der Waals surface area contributed by atoms with Gasteiger partial charge in [-0.15, -0.1) is 10.2 Å². The first-order valence-corrected chi connectivity index (χ1v) is 18.8. The van der Waals surface area contributed by atoms with E-state index in [0.29, 0.717) is 32.8 Å². The summed E-state index contributed by atoms with van der Waals surface area (Å²) in [5.74, 6) is -1.12. The third-order valence-corrected chi connectivity index (χ3v) is 9.54. The molecule has 0 atom stereocenters. The van der Waals surface area contributed by atoms with E-state index in [4.69, 9.17) is 33.5 Å². The second-order valence-electron chi connectivity index (χ2n) is 11.2. The molecule has 25 heteroatoms. The molecule has 287 valence electrons. The van der Waals surface area contributed by atoms with Crippen molar-refractivity contribution in [2.24, 2.45) is 30.7 Å². The maximum Gasteiger partial charge on any atom is 2.00 e. The van der Waals surface area contributed by atoms with E-state index in [1.807, 2.05) is 0 Å². The standard InChI is InChI=1S/2C16H14ClN5O4S.Co.2Na/c2*1-9-15(16(24)22(21-9)11-4-2-3-10(17)7-11)20-19-13-8-12(27(18,25)26)5-6-14(13)23;;;/h2*2-8,21,23H,1H3,(H2,18,25,26);;;/q;;+2;2*+1/p-2. The average Bonchev–Trinajstić information content (AvgIpc) is 3.55. The van der Waals surface area contributed by atoms with Gasteiger partial charge < -0.3 is 10.2 Å². The van der Waals surface area contributed by atoms with Crippen LogP contribution in [0.15, 0.2) is 125 Å². The van der Waals surface area contributed by atoms with E-state index >= 15 is 0 Å². The Morgan fingerprint density at radius 2 is 0.947 bits per heavy atom. The molecule has 2 aromatic heterocycles. The van der Waals surface area contributed by atoms with E-state index in [1.165, 1.54) is 9.36 Å². The summed E-state index contributed by atoms with van der Waals surface area (Å²) in [6.45, 7) is 3.21. The molecule has 6 rings (SSSR count). The predicted molar refractivity (Wildman–Crippen MR) is 195 cm³/mol. The first-order valence-electron chi connectivity index (χ1n) is 15.0. The van der Waals surface area contributed by atoms with Crippen molar-refractivity contribution in [3.8, 4) is 22.9 Å². The number of nitrogens with two attached hydrogens (primary N) is 2. The van der Waals surface area contributed by atoms with Gasteiger partial charge in [0, 0.05) is 10.0 Å². The van der Waals surface area contributed by atoms with Crippen molar-refractivity contribution in [2.75, 3.05) is 0 Å². The van der Waals surface area contributed by atoms with Gasteiger partial charge in [0.25, 0.3) is 11.1 Å². The van der Waals surface area contributed by atoms with E-state index in [2.05, 4.69) is 30.7 Å². The van der Waals surface area contributed by atoms with Crippen LogP contribution in [0.5, 0.6) is 11.5 Å². The predicted octanol–water partition coefficient (Wildman–Crippen LogP) is -1.47. The van der Waals surface area contributed by atoms with Crippen molar-refractivity contribution in [1.29, 1.82) is 0 Å². The minimum Gasteiger partial charge on any atom is -0.871 e. The summed E-state index contributed by atoms with van der Waals surface area (Å²) in [6.07, 6.45) is 0. The van der Waals surface area contributed by atoms with Gasteiger partial charge in [0.15, 0.2) is 11.4 Å². The van der Waals surface area contributed by atoms with Gasteiger partial charge in [-0.25, -0.2) is 36.5 Å². The van der Waals surface area contributed by atoms with E-state index < -0.39 is 42.7 Å². The minimum absolute atomic E-state index is 0. The largest absolute Gasteiger partial charge is 2.00 e. The molecular weight excluding hydrogens is 892 g/mol. The van der Waals surface area contributed by atoms with E-state index in [0.717, 1.165) is 36.4 Å². The molecular formula is C32H26Cl2CoN10Na2O8S2+2. The number of hydrogen-bond donors (Lipinski definition) is 4. The van der Waals surface area contributed by atoms with Crippen LogP contribution >= 0.6 is 23.2 Å². The Hall–Kier alpha value is -3.39. The Bertz CT molecular complexity index is 2640. The van der Waals surface area contributed by atoms with Crippen LogP contribution in [-0.2, 0) is 36.8 Å². The number of aryl methyl sites for hydroxylation is 2. The van der Waals surface area contributed by atoms with Crippen LogP contribution in [0.2, 0.25) is 10.0 Å². The van der Waals surface area contributed by atoms with E-state index in [9.17, 15) is 36.6 Å². The van der Waals surface area contributed by atoms with Crippen molar-refractivity contribution in [3.63, 3.8) is 0 Å². The topological polar surface area (TPSA) is 291 Å². The van der Waals surface area contributed by atoms with Crippen LogP contribution in [0.3, 0.4) is 0 Å². The van der Waals surface area contributed by atoms with E-state index in [-0.39, 0.29) is 108 Å². The van der Waals surface area contributed by atoms with Gasteiger partial charge in [-0.1, -0.05) is 59.0 Å². The number of rotatable bonds is 8. The number of nitrogens with zero attached hydrogens (tertiary/aromatic N) is 6. The molecule has 18 nitrogen and oxygen atoms in total. The zero-order valence-electron chi connectivity index (χ0n) is 30.1. The normalized spacial score (nSPS) is 11.3. The zero-order valence-corrected chi connectivity index (χ0v) is 38.3. The van der Waals surface area contributed by atoms with Gasteiger partial charge in [0.05, 0.1) is 43.9 Å². The smallest absolute Gasteiger partial charge is 0.871 e. The molecule has 0 bridgehead atoms. The fraction of sp³-hybridized carbons (Fsp3) is 0.0625. The van der Waals surface area contributed by atoms with Crippen molar-refractivity contribution < 1.29 is 103 Å². The van der Waals surface area contributed by atoms with Gasteiger partial charge in [0.1, 0.15) is 0 Å². The molecule has 0 saturated heterocycles. The minimum atomic E-state index is -4.00. The molecule has 6 N–H and O–H groups in total. The molecule has 57 heavy (non-hydrogen) atoms. The number of benzene rings is 4. The monoisotopic (exact) mass is 917 g/mol. The molecule has 0 aliphatic rings. The summed E-state index contributed by atoms with van der Waals surface area (Å²) >= 11 is 11.9. The molecule has 1 radical (unpaired) electrons. The summed E-state index contributed by atoms with van der Waals surface area (Å²) in [6, 6.07) is 19.4. The van der Waals surface area contributed by atoms with Gasteiger partial charge in [-0.05, 0) is 74.5 Å². The van der Waals surface area contributed by atoms with E-state index in [1.54, 1.807) is 62.4 Å². The van der Waals surface area contributed by atoms with Crippen LogP contribution in [0, 0.1) is 13.8 Å². The molecule has 0 aliphatic heterocycles. The molecule has 4 aromatic carbocycles. The second kappa shape index (κ2) is 20.5. The quantitative estimate of drug-likeness (QED) is 0.103. The van der Waals surface area contributed by atoms with Crippen LogP contribution in [0.1, 0.15) is 11.4 Å². The molecule has 0 amide bonds. The summed E-state index contributed by atoms with van der Waals surface area (Å²) in [4.78, 5) is 24.6. The maximum absolute atomic E-state index is 12.6. The van der Waals surface area contributed by atoms with Crippen LogP contribution in [-0.4, -0.2) is 36.4 Å². The zero-order chi connectivity index (χ0) is 39.5.